The number of allylic oxidation sites excluding steroid dienone is 1. The summed E-state index contributed by atoms with van der Waals surface area (Å²) in [6.45, 7) is 4.99. The summed E-state index contributed by atoms with van der Waals surface area (Å²) in [5, 5.41) is 12.5. The van der Waals surface area contributed by atoms with Crippen molar-refractivity contribution in [3.05, 3.63) is 42.1 Å². The SMILES string of the molecule is CC(C)=CCNc1cnnc2ccccc12. The Bertz CT molecular complexity index is 508. The third-order valence-electron chi connectivity index (χ3n) is 2.35. The van der Waals surface area contributed by atoms with E-state index in [0.717, 1.165) is 23.1 Å². The second kappa shape index (κ2) is 4.75. The average Bonchev–Trinajstić information content (AvgIpc) is 2.29. The van der Waals surface area contributed by atoms with Crippen molar-refractivity contribution in [2.24, 2.45) is 0 Å². The molecule has 0 atom stereocenters. The molecule has 0 bridgehead atoms. The standard InChI is InChI=1S/C13H15N3/c1-10(2)7-8-14-13-9-15-16-12-6-4-3-5-11(12)13/h3-7,9H,8H2,1-2H3,(H,14,16). The van der Waals surface area contributed by atoms with Crippen molar-refractivity contribution in [2.75, 3.05) is 11.9 Å². The maximum absolute atomic E-state index is 4.08. The fourth-order valence-electron chi connectivity index (χ4n) is 1.51. The summed E-state index contributed by atoms with van der Waals surface area (Å²) in [5.74, 6) is 0. The lowest BCUT2D eigenvalue weighted by Crippen LogP contribution is -2.00. The Morgan fingerprint density at radius 1 is 1.31 bits per heavy atom. The van der Waals surface area contributed by atoms with Crippen LogP contribution in [0, 0.1) is 0 Å². The first-order valence-electron chi connectivity index (χ1n) is 5.35. The van der Waals surface area contributed by atoms with Gasteiger partial charge in [0, 0.05) is 11.9 Å². The monoisotopic (exact) mass is 213 g/mol. The van der Waals surface area contributed by atoms with Crippen LogP contribution in [0.2, 0.25) is 0 Å². The number of nitrogens with zero attached hydrogens (tertiary/aromatic N) is 2. The van der Waals surface area contributed by atoms with Gasteiger partial charge in [-0.3, -0.25) is 0 Å². The summed E-state index contributed by atoms with van der Waals surface area (Å²) in [7, 11) is 0. The lowest BCUT2D eigenvalue weighted by Gasteiger charge is -2.06. The van der Waals surface area contributed by atoms with Crippen LogP contribution in [0.5, 0.6) is 0 Å². The molecular formula is C13H15N3. The summed E-state index contributed by atoms with van der Waals surface area (Å²) in [6, 6.07) is 8.00. The van der Waals surface area contributed by atoms with Gasteiger partial charge in [-0.2, -0.15) is 10.2 Å². The number of benzene rings is 1. The van der Waals surface area contributed by atoms with E-state index in [1.54, 1.807) is 6.20 Å². The van der Waals surface area contributed by atoms with Crippen molar-refractivity contribution in [2.45, 2.75) is 13.8 Å². The largest absolute Gasteiger partial charge is 0.380 e. The fraction of sp³-hybridized carbons (Fsp3) is 0.231. The van der Waals surface area contributed by atoms with Gasteiger partial charge in [0.1, 0.15) is 0 Å². The molecule has 1 aromatic heterocycles. The first-order chi connectivity index (χ1) is 7.77. The van der Waals surface area contributed by atoms with Crippen LogP contribution in [0.15, 0.2) is 42.1 Å². The second-order valence-electron chi connectivity index (χ2n) is 3.94. The van der Waals surface area contributed by atoms with E-state index < -0.39 is 0 Å². The van der Waals surface area contributed by atoms with Crippen LogP contribution in [0.3, 0.4) is 0 Å². The van der Waals surface area contributed by atoms with Crippen LogP contribution in [0.25, 0.3) is 10.9 Å². The number of rotatable bonds is 3. The van der Waals surface area contributed by atoms with Gasteiger partial charge in [-0.25, -0.2) is 0 Å². The summed E-state index contributed by atoms with van der Waals surface area (Å²) in [6.07, 6.45) is 3.91. The molecule has 0 saturated carbocycles. The number of fused-ring (bicyclic) bond motifs is 1. The van der Waals surface area contributed by atoms with Gasteiger partial charge >= 0.3 is 0 Å². The number of aromatic nitrogens is 2. The van der Waals surface area contributed by atoms with Gasteiger partial charge in [0.25, 0.3) is 0 Å². The molecule has 16 heavy (non-hydrogen) atoms. The Hall–Kier alpha value is -1.90. The maximum atomic E-state index is 4.08. The minimum absolute atomic E-state index is 0.817. The molecule has 0 spiro atoms. The molecule has 1 heterocycles. The predicted molar refractivity (Wildman–Crippen MR) is 67.5 cm³/mol. The normalized spacial score (nSPS) is 10.1. The van der Waals surface area contributed by atoms with E-state index in [2.05, 4.69) is 41.5 Å². The molecular weight excluding hydrogens is 198 g/mol. The number of hydrogen-bond acceptors (Lipinski definition) is 3. The van der Waals surface area contributed by atoms with Crippen molar-refractivity contribution >= 4 is 16.6 Å². The van der Waals surface area contributed by atoms with Crippen LogP contribution in [-0.2, 0) is 0 Å². The topological polar surface area (TPSA) is 37.8 Å². The van der Waals surface area contributed by atoms with E-state index in [1.165, 1.54) is 5.57 Å². The molecule has 0 unspecified atom stereocenters. The highest BCUT2D eigenvalue weighted by atomic mass is 15.1. The van der Waals surface area contributed by atoms with E-state index in [4.69, 9.17) is 0 Å². The van der Waals surface area contributed by atoms with Gasteiger partial charge in [0.2, 0.25) is 0 Å². The van der Waals surface area contributed by atoms with Crippen molar-refractivity contribution in [1.29, 1.82) is 0 Å². The molecule has 1 N–H and O–H groups in total. The van der Waals surface area contributed by atoms with Crippen molar-refractivity contribution in [3.63, 3.8) is 0 Å². The molecule has 3 nitrogen and oxygen atoms in total. The highest BCUT2D eigenvalue weighted by molar-refractivity contribution is 5.90. The number of hydrogen-bond donors (Lipinski definition) is 1. The van der Waals surface area contributed by atoms with Crippen LogP contribution >= 0.6 is 0 Å². The Balaban J connectivity index is 2.27. The Morgan fingerprint density at radius 3 is 2.94 bits per heavy atom. The van der Waals surface area contributed by atoms with Crippen LogP contribution in [-0.4, -0.2) is 16.7 Å². The lowest BCUT2D eigenvalue weighted by atomic mass is 10.2. The van der Waals surface area contributed by atoms with E-state index in [9.17, 15) is 0 Å². The lowest BCUT2D eigenvalue weighted by molar-refractivity contribution is 1.07. The molecule has 82 valence electrons. The van der Waals surface area contributed by atoms with Gasteiger partial charge in [-0.15, -0.1) is 0 Å². The molecule has 0 amide bonds. The van der Waals surface area contributed by atoms with Crippen LogP contribution in [0.4, 0.5) is 5.69 Å². The van der Waals surface area contributed by atoms with Gasteiger partial charge < -0.3 is 5.32 Å². The highest BCUT2D eigenvalue weighted by Crippen LogP contribution is 2.19. The predicted octanol–water partition coefficient (Wildman–Crippen LogP) is 3.01. The zero-order chi connectivity index (χ0) is 11.4. The molecule has 2 aromatic rings. The third kappa shape index (κ3) is 2.37. The third-order valence-corrected chi connectivity index (χ3v) is 2.35. The molecule has 0 aliphatic carbocycles. The summed E-state index contributed by atoms with van der Waals surface area (Å²) in [5.41, 5.74) is 3.26. The smallest absolute Gasteiger partial charge is 0.0950 e. The highest BCUT2D eigenvalue weighted by Gasteiger charge is 1.99. The molecule has 0 aliphatic rings. The average molecular weight is 213 g/mol. The Labute approximate surface area is 95.2 Å². The fourth-order valence-corrected chi connectivity index (χ4v) is 1.51. The van der Waals surface area contributed by atoms with Gasteiger partial charge in [-0.05, 0) is 19.9 Å². The molecule has 1 aromatic carbocycles. The van der Waals surface area contributed by atoms with E-state index in [0.29, 0.717) is 0 Å². The van der Waals surface area contributed by atoms with E-state index >= 15 is 0 Å². The molecule has 0 fully saturated rings. The summed E-state index contributed by atoms with van der Waals surface area (Å²) >= 11 is 0. The quantitative estimate of drug-likeness (QED) is 0.796. The van der Waals surface area contributed by atoms with Gasteiger partial charge in [0.05, 0.1) is 17.4 Å². The second-order valence-corrected chi connectivity index (χ2v) is 3.94. The minimum Gasteiger partial charge on any atom is -0.380 e. The molecule has 0 aliphatic heterocycles. The van der Waals surface area contributed by atoms with E-state index in [1.807, 2.05) is 18.2 Å². The Morgan fingerprint density at radius 2 is 2.12 bits per heavy atom. The first kappa shape index (κ1) is 10.6. The Kier molecular flexibility index (Phi) is 3.15. The zero-order valence-electron chi connectivity index (χ0n) is 9.57. The number of nitrogens with one attached hydrogen (secondary N) is 1. The molecule has 3 heteroatoms. The molecule has 0 saturated heterocycles. The van der Waals surface area contributed by atoms with Crippen molar-refractivity contribution in [3.8, 4) is 0 Å². The molecule has 2 rings (SSSR count). The zero-order valence-corrected chi connectivity index (χ0v) is 9.57. The summed E-state index contributed by atoms with van der Waals surface area (Å²) in [4.78, 5) is 0. The van der Waals surface area contributed by atoms with Gasteiger partial charge in [0.15, 0.2) is 0 Å². The number of anilines is 1. The van der Waals surface area contributed by atoms with Gasteiger partial charge in [-0.1, -0.05) is 29.8 Å². The van der Waals surface area contributed by atoms with E-state index in [-0.39, 0.29) is 0 Å². The van der Waals surface area contributed by atoms with Crippen LogP contribution < -0.4 is 5.32 Å². The first-order valence-corrected chi connectivity index (χ1v) is 5.35. The minimum atomic E-state index is 0.817. The van der Waals surface area contributed by atoms with Crippen molar-refractivity contribution in [1.82, 2.24) is 10.2 Å². The summed E-state index contributed by atoms with van der Waals surface area (Å²) < 4.78 is 0. The van der Waals surface area contributed by atoms with Crippen molar-refractivity contribution < 1.29 is 0 Å². The molecule has 0 radical (unpaired) electrons. The van der Waals surface area contributed by atoms with Crippen LogP contribution in [0.1, 0.15) is 13.8 Å². The maximum Gasteiger partial charge on any atom is 0.0950 e.